The lowest BCUT2D eigenvalue weighted by Gasteiger charge is -2.22. The molecule has 0 saturated heterocycles. The maximum absolute atomic E-state index is 12.5. The molecule has 0 saturated carbocycles. The van der Waals surface area contributed by atoms with Crippen molar-refractivity contribution in [2.75, 3.05) is 13.2 Å². The van der Waals surface area contributed by atoms with Gasteiger partial charge in [0.05, 0.1) is 25.4 Å². The molecule has 0 rings (SSSR count). The summed E-state index contributed by atoms with van der Waals surface area (Å²) in [4.78, 5) is 24.6. The summed E-state index contributed by atoms with van der Waals surface area (Å²) in [5.41, 5.74) is 0. The second-order valence-electron chi connectivity index (χ2n) is 23.9. The maximum Gasteiger partial charge on any atom is 0.305 e. The number of carbonyl (C=O) groups is 2. The highest BCUT2D eigenvalue weighted by molar-refractivity contribution is 5.76. The molecule has 0 aromatic rings. The van der Waals surface area contributed by atoms with Crippen LogP contribution in [-0.2, 0) is 14.3 Å². The number of hydrogen-bond donors (Lipinski definition) is 3. The Balaban J connectivity index is 3.44. The van der Waals surface area contributed by atoms with Gasteiger partial charge in [0.1, 0.15) is 0 Å². The van der Waals surface area contributed by atoms with Crippen LogP contribution >= 0.6 is 0 Å². The van der Waals surface area contributed by atoms with Crippen molar-refractivity contribution in [1.29, 1.82) is 0 Å². The summed E-state index contributed by atoms with van der Waals surface area (Å²) in [7, 11) is 0. The summed E-state index contributed by atoms with van der Waals surface area (Å²) in [6.07, 6.45) is 82.1. The molecule has 3 N–H and O–H groups in total. The fourth-order valence-corrected chi connectivity index (χ4v) is 10.9. The molecule has 0 bridgehead atoms. The van der Waals surface area contributed by atoms with Gasteiger partial charge in [-0.05, 0) is 77.0 Å². The van der Waals surface area contributed by atoms with E-state index in [1.54, 1.807) is 0 Å². The van der Waals surface area contributed by atoms with E-state index in [-0.39, 0.29) is 18.5 Å². The van der Waals surface area contributed by atoms with Crippen molar-refractivity contribution >= 4 is 11.9 Å². The van der Waals surface area contributed by atoms with Crippen molar-refractivity contribution in [2.45, 2.75) is 398 Å². The number of aliphatic hydroxyl groups excluding tert-OH is 2. The first-order valence-corrected chi connectivity index (χ1v) is 34.6. The topological polar surface area (TPSA) is 95.9 Å². The maximum atomic E-state index is 12.5. The molecular weight excluding hydrogens is 935 g/mol. The Hall–Kier alpha value is -1.66. The minimum atomic E-state index is -0.675. The number of esters is 1. The van der Waals surface area contributed by atoms with Gasteiger partial charge in [-0.2, -0.15) is 0 Å². The minimum absolute atomic E-state index is 0.00330. The van der Waals surface area contributed by atoms with Crippen LogP contribution in [-0.4, -0.2) is 47.4 Å². The zero-order valence-electron chi connectivity index (χ0n) is 51.5. The second-order valence-corrected chi connectivity index (χ2v) is 23.9. The lowest BCUT2D eigenvalue weighted by atomic mass is 10.0. The Morgan fingerprint density at radius 1 is 0.355 bits per heavy atom. The first-order valence-electron chi connectivity index (χ1n) is 34.6. The Morgan fingerprint density at radius 3 is 0.934 bits per heavy atom. The summed E-state index contributed by atoms with van der Waals surface area (Å²) in [6, 6.07) is -0.553. The van der Waals surface area contributed by atoms with E-state index in [2.05, 4.69) is 43.5 Å². The molecule has 0 fully saturated rings. The molecule has 450 valence electrons. The summed E-state index contributed by atoms with van der Waals surface area (Å²) >= 11 is 0. The number of hydrogen-bond acceptors (Lipinski definition) is 5. The van der Waals surface area contributed by atoms with E-state index in [0.717, 1.165) is 57.8 Å². The largest absolute Gasteiger partial charge is 0.466 e. The Bertz CT molecular complexity index is 1190. The van der Waals surface area contributed by atoms with Crippen LogP contribution < -0.4 is 5.32 Å². The number of amides is 1. The van der Waals surface area contributed by atoms with Gasteiger partial charge in [-0.15, -0.1) is 0 Å². The van der Waals surface area contributed by atoms with Crippen molar-refractivity contribution in [3.05, 3.63) is 24.3 Å². The van der Waals surface area contributed by atoms with Gasteiger partial charge in [0.15, 0.2) is 0 Å². The summed E-state index contributed by atoms with van der Waals surface area (Å²) in [5.74, 6) is -0.0483. The molecule has 6 heteroatoms. The molecule has 0 aromatic carbocycles. The van der Waals surface area contributed by atoms with Crippen LogP contribution in [0.4, 0.5) is 0 Å². The molecule has 2 unspecified atom stereocenters. The number of aliphatic hydroxyl groups is 2. The van der Waals surface area contributed by atoms with E-state index >= 15 is 0 Å². The number of carbonyl (C=O) groups excluding carboxylic acids is 2. The zero-order valence-corrected chi connectivity index (χ0v) is 51.5. The van der Waals surface area contributed by atoms with Crippen LogP contribution in [0.2, 0.25) is 0 Å². The van der Waals surface area contributed by atoms with E-state index in [4.69, 9.17) is 4.74 Å². The third kappa shape index (κ3) is 61.6. The normalized spacial score (nSPS) is 12.6. The fourth-order valence-electron chi connectivity index (χ4n) is 10.9. The zero-order chi connectivity index (χ0) is 55.0. The molecule has 2 atom stereocenters. The molecule has 76 heavy (non-hydrogen) atoms. The average Bonchev–Trinajstić information content (AvgIpc) is 3.42. The highest BCUT2D eigenvalue weighted by Crippen LogP contribution is 2.19. The van der Waals surface area contributed by atoms with E-state index in [0.29, 0.717) is 25.9 Å². The average molecular weight is 1070 g/mol. The van der Waals surface area contributed by atoms with E-state index in [1.165, 1.54) is 295 Å². The molecule has 0 aliphatic carbocycles. The quantitative estimate of drug-likeness (QED) is 0.0320. The van der Waals surface area contributed by atoms with E-state index in [9.17, 15) is 19.8 Å². The SMILES string of the molecule is CCCCCCCCC/C=C\CCCCCCCC(=O)OCCCCCCCCCCC/C=C\CCCCCCCC(=O)NC(CO)C(O)CCCCCCCCCCCCCCCCCCCCCCCCCCC. The van der Waals surface area contributed by atoms with Gasteiger partial charge in [-0.1, -0.05) is 321 Å². The van der Waals surface area contributed by atoms with Gasteiger partial charge >= 0.3 is 5.97 Å². The van der Waals surface area contributed by atoms with Crippen LogP contribution in [0.1, 0.15) is 386 Å². The molecule has 0 aromatic heterocycles. The first-order chi connectivity index (χ1) is 37.5. The van der Waals surface area contributed by atoms with Crippen molar-refractivity contribution in [1.82, 2.24) is 5.32 Å². The molecule has 1 amide bonds. The minimum Gasteiger partial charge on any atom is -0.466 e. The van der Waals surface area contributed by atoms with Crippen molar-refractivity contribution < 1.29 is 24.5 Å². The predicted molar refractivity (Wildman–Crippen MR) is 333 cm³/mol. The molecule has 6 nitrogen and oxygen atoms in total. The first kappa shape index (κ1) is 74.3. The summed E-state index contributed by atoms with van der Waals surface area (Å²) in [5, 5.41) is 23.4. The predicted octanol–water partition coefficient (Wildman–Crippen LogP) is 22.1. The van der Waals surface area contributed by atoms with Crippen molar-refractivity contribution in [2.24, 2.45) is 0 Å². The smallest absolute Gasteiger partial charge is 0.305 e. The van der Waals surface area contributed by atoms with Gasteiger partial charge in [0.2, 0.25) is 5.91 Å². The lowest BCUT2D eigenvalue weighted by Crippen LogP contribution is -2.45. The monoisotopic (exact) mass is 1070 g/mol. The molecule has 0 radical (unpaired) electrons. The van der Waals surface area contributed by atoms with Gasteiger partial charge in [0, 0.05) is 12.8 Å². The number of rotatable bonds is 65. The van der Waals surface area contributed by atoms with Gasteiger partial charge in [0.25, 0.3) is 0 Å². The fraction of sp³-hybridized carbons (Fsp3) is 0.914. The lowest BCUT2D eigenvalue weighted by molar-refractivity contribution is -0.143. The Kier molecular flexibility index (Phi) is 64.4. The molecule has 0 aliphatic rings. The number of nitrogens with one attached hydrogen (secondary N) is 1. The number of unbranched alkanes of at least 4 members (excludes halogenated alkanes) is 50. The number of ether oxygens (including phenoxy) is 1. The summed E-state index contributed by atoms with van der Waals surface area (Å²) in [6.45, 7) is 4.97. The Morgan fingerprint density at radius 2 is 0.618 bits per heavy atom. The van der Waals surface area contributed by atoms with Crippen LogP contribution in [0.25, 0.3) is 0 Å². The number of allylic oxidation sites excluding steroid dienone is 4. The molecule has 0 spiro atoms. The highest BCUT2D eigenvalue weighted by Gasteiger charge is 2.20. The van der Waals surface area contributed by atoms with Crippen LogP contribution in [0.3, 0.4) is 0 Å². The summed E-state index contributed by atoms with van der Waals surface area (Å²) < 4.78 is 5.48. The van der Waals surface area contributed by atoms with Crippen molar-refractivity contribution in [3.8, 4) is 0 Å². The van der Waals surface area contributed by atoms with Crippen LogP contribution in [0.15, 0.2) is 24.3 Å². The Labute approximate surface area is 475 Å². The molecule has 0 aliphatic heterocycles. The van der Waals surface area contributed by atoms with Gasteiger partial charge in [-0.3, -0.25) is 9.59 Å². The molecular formula is C70H135NO5. The third-order valence-electron chi connectivity index (χ3n) is 16.2. The standard InChI is InChI=1S/C70H135NO5/c1-3-5-7-9-11-13-15-17-19-21-22-23-24-25-26-27-28-31-34-38-42-46-50-54-58-62-68(73)67(66-72)71-69(74)63-59-55-51-47-43-39-35-32-29-30-33-37-41-45-49-53-57-61-65-76-70(75)64-60-56-52-48-44-40-36-20-18-16-14-12-10-8-6-4-2/h20,32,35-36,67-68,72-73H,3-19,21-31,33-34,37-66H2,1-2H3,(H,71,74)/b35-32-,36-20-. The third-order valence-corrected chi connectivity index (χ3v) is 16.2. The van der Waals surface area contributed by atoms with Gasteiger partial charge in [-0.25, -0.2) is 0 Å². The van der Waals surface area contributed by atoms with E-state index < -0.39 is 12.1 Å². The molecule has 0 heterocycles. The second kappa shape index (κ2) is 65.9. The highest BCUT2D eigenvalue weighted by atomic mass is 16.5. The van der Waals surface area contributed by atoms with E-state index in [1.807, 2.05) is 0 Å². The van der Waals surface area contributed by atoms with Crippen LogP contribution in [0, 0.1) is 0 Å². The van der Waals surface area contributed by atoms with Gasteiger partial charge < -0.3 is 20.3 Å². The van der Waals surface area contributed by atoms with Crippen molar-refractivity contribution in [3.63, 3.8) is 0 Å². The van der Waals surface area contributed by atoms with Crippen LogP contribution in [0.5, 0.6) is 0 Å².